The number of allylic oxidation sites excluding steroid dienone is 1. The van der Waals surface area contributed by atoms with Crippen molar-refractivity contribution in [1.82, 2.24) is 0 Å². The second-order valence-corrected chi connectivity index (χ2v) is 5.32. The third-order valence-corrected chi connectivity index (χ3v) is 3.98. The number of furan rings is 1. The van der Waals surface area contributed by atoms with Crippen molar-refractivity contribution in [1.29, 1.82) is 0 Å². The van der Waals surface area contributed by atoms with Crippen LogP contribution in [0, 0.1) is 0 Å². The molecule has 3 rings (SSSR count). The van der Waals surface area contributed by atoms with Gasteiger partial charge in [-0.2, -0.15) is 0 Å². The fraction of sp³-hybridized carbons (Fsp3) is 0.412. The molecule has 2 nitrogen and oxygen atoms in total. The largest absolute Gasteiger partial charge is 0.464 e. The highest BCUT2D eigenvalue weighted by molar-refractivity contribution is 5.81. The molecule has 2 heteroatoms. The molecule has 2 aromatic rings. The first-order valence-electron chi connectivity index (χ1n) is 7.19. The maximum Gasteiger partial charge on any atom is 0.134 e. The van der Waals surface area contributed by atoms with Crippen molar-refractivity contribution < 1.29 is 9.52 Å². The molecule has 1 atom stereocenters. The Morgan fingerprint density at radius 2 is 1.89 bits per heavy atom. The first-order chi connectivity index (χ1) is 9.36. The number of hydrogen-bond donors (Lipinski definition) is 1. The van der Waals surface area contributed by atoms with Crippen LogP contribution < -0.4 is 0 Å². The lowest BCUT2D eigenvalue weighted by Gasteiger charge is -2.16. The van der Waals surface area contributed by atoms with Gasteiger partial charge in [-0.3, -0.25) is 0 Å². The lowest BCUT2D eigenvalue weighted by molar-refractivity contribution is 0.209. The number of aliphatic hydroxyl groups is 1. The van der Waals surface area contributed by atoms with Gasteiger partial charge >= 0.3 is 0 Å². The van der Waals surface area contributed by atoms with Crippen LogP contribution >= 0.6 is 0 Å². The average molecular weight is 256 g/mol. The van der Waals surface area contributed by atoms with E-state index in [0.717, 1.165) is 34.9 Å². The molecule has 0 radical (unpaired) electrons. The second-order valence-electron chi connectivity index (χ2n) is 5.32. The van der Waals surface area contributed by atoms with Crippen LogP contribution in [-0.2, 0) is 0 Å². The van der Waals surface area contributed by atoms with Gasteiger partial charge in [-0.05, 0) is 37.3 Å². The van der Waals surface area contributed by atoms with Gasteiger partial charge in [0.25, 0.3) is 0 Å². The second kappa shape index (κ2) is 5.62. The highest BCUT2D eigenvalue weighted by Crippen LogP contribution is 2.33. The van der Waals surface area contributed by atoms with Crippen molar-refractivity contribution in [2.75, 3.05) is 0 Å². The van der Waals surface area contributed by atoms with Crippen LogP contribution in [0.5, 0.6) is 0 Å². The predicted octanol–water partition coefficient (Wildman–Crippen LogP) is 4.75. The summed E-state index contributed by atoms with van der Waals surface area (Å²) in [7, 11) is 0. The van der Waals surface area contributed by atoms with E-state index in [1.165, 1.54) is 25.7 Å². The van der Waals surface area contributed by atoms with Gasteiger partial charge in [-0.25, -0.2) is 0 Å². The van der Waals surface area contributed by atoms with Crippen LogP contribution in [0.4, 0.5) is 0 Å². The van der Waals surface area contributed by atoms with Crippen LogP contribution in [0.1, 0.15) is 50.2 Å². The van der Waals surface area contributed by atoms with Crippen molar-refractivity contribution in [3.8, 4) is 0 Å². The number of para-hydroxylation sites is 1. The maximum absolute atomic E-state index is 10.6. The van der Waals surface area contributed by atoms with E-state index in [-0.39, 0.29) is 0 Å². The van der Waals surface area contributed by atoms with E-state index in [4.69, 9.17) is 4.42 Å². The summed E-state index contributed by atoms with van der Waals surface area (Å²) in [6.45, 7) is 0. The third-order valence-electron chi connectivity index (χ3n) is 3.98. The number of aliphatic hydroxyl groups excluding tert-OH is 1. The smallest absolute Gasteiger partial charge is 0.134 e. The Morgan fingerprint density at radius 1 is 1.05 bits per heavy atom. The van der Waals surface area contributed by atoms with Crippen molar-refractivity contribution in [3.63, 3.8) is 0 Å². The first-order valence-corrected chi connectivity index (χ1v) is 7.19. The quantitative estimate of drug-likeness (QED) is 0.787. The summed E-state index contributed by atoms with van der Waals surface area (Å²) in [5, 5.41) is 11.6. The van der Waals surface area contributed by atoms with Gasteiger partial charge in [-0.15, -0.1) is 0 Å². The Bertz CT molecular complexity index is 580. The minimum Gasteiger partial charge on any atom is -0.464 e. The van der Waals surface area contributed by atoms with Gasteiger partial charge in [0.1, 0.15) is 11.7 Å². The van der Waals surface area contributed by atoms with Crippen LogP contribution in [-0.4, -0.2) is 5.11 Å². The third kappa shape index (κ3) is 2.59. The van der Waals surface area contributed by atoms with E-state index in [1.54, 1.807) is 6.26 Å². The molecule has 1 aliphatic rings. The number of benzene rings is 1. The summed E-state index contributed by atoms with van der Waals surface area (Å²) >= 11 is 0. The van der Waals surface area contributed by atoms with Gasteiger partial charge in [0.05, 0.1) is 6.26 Å². The summed E-state index contributed by atoms with van der Waals surface area (Å²) in [6.07, 6.45) is 10.5. The normalized spacial score (nSPS) is 21.4. The molecule has 1 unspecified atom stereocenters. The predicted molar refractivity (Wildman–Crippen MR) is 77.0 cm³/mol. The molecule has 1 aliphatic carbocycles. The Hall–Kier alpha value is -1.54. The zero-order valence-electron chi connectivity index (χ0n) is 11.1. The van der Waals surface area contributed by atoms with Crippen molar-refractivity contribution in [2.45, 2.75) is 44.6 Å². The van der Waals surface area contributed by atoms with Crippen molar-refractivity contribution in [3.05, 3.63) is 47.7 Å². The van der Waals surface area contributed by atoms with Crippen LogP contribution in [0.25, 0.3) is 11.0 Å². The molecular formula is C17H20O2. The fourth-order valence-electron chi connectivity index (χ4n) is 2.87. The summed E-state index contributed by atoms with van der Waals surface area (Å²) in [5.41, 5.74) is 2.91. The van der Waals surface area contributed by atoms with Crippen LogP contribution in [0.3, 0.4) is 0 Å². The minimum atomic E-state index is -0.512. The van der Waals surface area contributed by atoms with Gasteiger partial charge < -0.3 is 9.52 Å². The highest BCUT2D eigenvalue weighted by Gasteiger charge is 2.18. The highest BCUT2D eigenvalue weighted by atomic mass is 16.3. The Labute approximate surface area is 113 Å². The molecule has 19 heavy (non-hydrogen) atoms. The van der Waals surface area contributed by atoms with Crippen molar-refractivity contribution >= 4 is 11.0 Å². The van der Waals surface area contributed by atoms with E-state index >= 15 is 0 Å². The van der Waals surface area contributed by atoms with Gasteiger partial charge in [-0.1, -0.05) is 37.1 Å². The lowest BCUT2D eigenvalue weighted by Crippen LogP contribution is -2.03. The van der Waals surface area contributed by atoms with Crippen LogP contribution in [0.15, 0.2) is 46.6 Å². The molecular weight excluding hydrogens is 236 g/mol. The summed E-state index contributed by atoms with van der Waals surface area (Å²) in [5.74, 6) is 0. The minimum absolute atomic E-state index is 0.512. The van der Waals surface area contributed by atoms with Crippen molar-refractivity contribution in [2.24, 2.45) is 0 Å². The van der Waals surface area contributed by atoms with E-state index in [0.29, 0.717) is 0 Å². The SMILES string of the molecule is OC(/C1=C/CCCCCC1)c1coc2ccccc12. The van der Waals surface area contributed by atoms with Crippen LogP contribution in [0.2, 0.25) is 0 Å². The molecule has 0 fully saturated rings. The molecule has 0 spiro atoms. The summed E-state index contributed by atoms with van der Waals surface area (Å²) < 4.78 is 5.53. The Balaban J connectivity index is 1.92. The van der Waals surface area contributed by atoms with Gasteiger partial charge in [0.2, 0.25) is 0 Å². The number of fused-ring (bicyclic) bond motifs is 1. The molecule has 1 aromatic carbocycles. The topological polar surface area (TPSA) is 33.4 Å². The average Bonchev–Trinajstić information content (AvgIpc) is 2.81. The Morgan fingerprint density at radius 3 is 2.84 bits per heavy atom. The zero-order chi connectivity index (χ0) is 13.1. The van der Waals surface area contributed by atoms with E-state index in [2.05, 4.69) is 6.08 Å². The molecule has 0 saturated heterocycles. The maximum atomic E-state index is 10.6. The lowest BCUT2D eigenvalue weighted by atomic mass is 9.93. The monoisotopic (exact) mass is 256 g/mol. The van der Waals surface area contributed by atoms with E-state index < -0.39 is 6.10 Å². The van der Waals surface area contributed by atoms with Gasteiger partial charge in [0, 0.05) is 10.9 Å². The number of hydrogen-bond acceptors (Lipinski definition) is 2. The zero-order valence-corrected chi connectivity index (χ0v) is 11.1. The first kappa shape index (κ1) is 12.5. The molecule has 0 bridgehead atoms. The fourth-order valence-corrected chi connectivity index (χ4v) is 2.87. The molecule has 1 N–H and O–H groups in total. The molecule has 0 aliphatic heterocycles. The van der Waals surface area contributed by atoms with E-state index in [1.807, 2.05) is 24.3 Å². The molecule has 0 amide bonds. The van der Waals surface area contributed by atoms with E-state index in [9.17, 15) is 5.11 Å². The number of rotatable bonds is 2. The molecule has 0 saturated carbocycles. The molecule has 1 heterocycles. The Kier molecular flexibility index (Phi) is 3.69. The molecule has 1 aromatic heterocycles. The standard InChI is InChI=1S/C17H20O2/c18-17(13-8-4-2-1-3-5-9-13)15-12-19-16-11-7-6-10-14(15)16/h6-8,10-12,17-18H,1-5,9H2/b13-8+. The summed E-state index contributed by atoms with van der Waals surface area (Å²) in [6, 6.07) is 7.90. The summed E-state index contributed by atoms with van der Waals surface area (Å²) in [4.78, 5) is 0. The molecule has 100 valence electrons. The van der Waals surface area contributed by atoms with Gasteiger partial charge in [0.15, 0.2) is 0 Å².